The Labute approximate surface area is 163 Å². The van der Waals surface area contributed by atoms with Crippen molar-refractivity contribution in [3.63, 3.8) is 0 Å². The first kappa shape index (κ1) is 20.7. The molecule has 2 N–H and O–H groups in total. The predicted molar refractivity (Wildman–Crippen MR) is 79.3 cm³/mol. The summed E-state index contributed by atoms with van der Waals surface area (Å²) in [6.45, 7) is 1.43. The van der Waals surface area contributed by atoms with Crippen molar-refractivity contribution in [3.8, 4) is 0 Å². The maximum Gasteiger partial charge on any atom is 1.00 e. The fraction of sp³-hybridized carbons (Fsp3) is 0.0667. The summed E-state index contributed by atoms with van der Waals surface area (Å²) in [7, 11) is 0. The van der Waals surface area contributed by atoms with E-state index >= 15 is 0 Å². The molecule has 0 aliphatic rings. The number of hydrazone groups is 1. The molecular weight excluding hydrogens is 345 g/mol. The number of carboxylic acids is 1. The van der Waals surface area contributed by atoms with E-state index in [1.54, 1.807) is 0 Å². The molecule has 1 aromatic heterocycles. The van der Waals surface area contributed by atoms with Gasteiger partial charge < -0.3 is 15.2 Å². The van der Waals surface area contributed by atoms with Crippen LogP contribution in [-0.4, -0.2) is 22.7 Å². The van der Waals surface area contributed by atoms with Crippen molar-refractivity contribution < 1.29 is 53.0 Å². The third-order valence-corrected chi connectivity index (χ3v) is 2.82. The SMILES string of the molecule is C/C(=N/NC(=O)Nc1cc(F)cc(F)c1)c1ncccc1C(=O)[O-].[Na+]. The molecule has 10 heteroatoms. The van der Waals surface area contributed by atoms with Gasteiger partial charge in [0, 0.05) is 23.5 Å². The van der Waals surface area contributed by atoms with E-state index in [0.29, 0.717) is 6.07 Å². The Morgan fingerprint density at radius 3 is 2.44 bits per heavy atom. The second kappa shape index (κ2) is 9.21. The van der Waals surface area contributed by atoms with Crippen molar-refractivity contribution in [1.82, 2.24) is 10.4 Å². The molecule has 0 unspecified atom stereocenters. The number of nitrogens with zero attached hydrogens (tertiary/aromatic N) is 2. The summed E-state index contributed by atoms with van der Waals surface area (Å²) in [6, 6.07) is 4.34. The smallest absolute Gasteiger partial charge is 0.545 e. The first-order valence-corrected chi connectivity index (χ1v) is 6.61. The third-order valence-electron chi connectivity index (χ3n) is 2.82. The van der Waals surface area contributed by atoms with Crippen molar-refractivity contribution in [1.29, 1.82) is 0 Å². The zero-order valence-corrected chi connectivity index (χ0v) is 15.3. The second-order valence-electron chi connectivity index (χ2n) is 4.61. The van der Waals surface area contributed by atoms with Gasteiger partial charge in [0.1, 0.15) is 11.6 Å². The van der Waals surface area contributed by atoms with Crippen LogP contribution >= 0.6 is 0 Å². The molecule has 1 aromatic carbocycles. The van der Waals surface area contributed by atoms with Crippen LogP contribution in [0.2, 0.25) is 0 Å². The summed E-state index contributed by atoms with van der Waals surface area (Å²) < 4.78 is 26.0. The minimum absolute atomic E-state index is 0. The number of rotatable bonds is 4. The quantitative estimate of drug-likeness (QED) is 0.386. The minimum atomic E-state index is -1.44. The molecule has 0 atom stereocenters. The number of carboxylic acid groups (broad SMARTS) is 1. The average Bonchev–Trinajstić information content (AvgIpc) is 2.51. The molecule has 124 valence electrons. The van der Waals surface area contributed by atoms with Crippen molar-refractivity contribution in [3.05, 3.63) is 59.4 Å². The van der Waals surface area contributed by atoms with E-state index in [9.17, 15) is 23.5 Å². The number of halogens is 2. The van der Waals surface area contributed by atoms with Gasteiger partial charge in [0.2, 0.25) is 0 Å². The summed E-state index contributed by atoms with van der Waals surface area (Å²) >= 11 is 0. The van der Waals surface area contributed by atoms with E-state index in [-0.39, 0.29) is 52.2 Å². The molecule has 0 aliphatic heterocycles. The second-order valence-corrected chi connectivity index (χ2v) is 4.61. The fourth-order valence-corrected chi connectivity index (χ4v) is 1.83. The summed E-state index contributed by atoms with van der Waals surface area (Å²) in [5, 5.41) is 16.9. The van der Waals surface area contributed by atoms with Gasteiger partial charge in [0.25, 0.3) is 0 Å². The molecule has 0 spiro atoms. The van der Waals surface area contributed by atoms with Crippen LogP contribution in [0.25, 0.3) is 0 Å². The fourth-order valence-electron chi connectivity index (χ4n) is 1.83. The summed E-state index contributed by atoms with van der Waals surface area (Å²) in [5.41, 5.74) is 1.91. The van der Waals surface area contributed by atoms with E-state index in [1.165, 1.54) is 25.3 Å². The molecule has 0 aliphatic carbocycles. The van der Waals surface area contributed by atoms with Crippen molar-refractivity contribution in [2.24, 2.45) is 5.10 Å². The third kappa shape index (κ3) is 5.89. The number of carbonyl (C=O) groups is 2. The van der Waals surface area contributed by atoms with Crippen molar-refractivity contribution in [2.45, 2.75) is 6.92 Å². The summed E-state index contributed by atoms with van der Waals surface area (Å²) in [4.78, 5) is 26.5. The first-order valence-electron chi connectivity index (χ1n) is 6.61. The van der Waals surface area contributed by atoms with E-state index in [2.05, 4.69) is 20.8 Å². The van der Waals surface area contributed by atoms with E-state index < -0.39 is 23.6 Å². The Bertz CT molecular complexity index is 810. The Kier molecular flexibility index (Phi) is 7.62. The van der Waals surface area contributed by atoms with E-state index in [1.807, 2.05) is 0 Å². The largest absolute Gasteiger partial charge is 1.00 e. The molecule has 2 rings (SSSR count). The van der Waals surface area contributed by atoms with Crippen molar-refractivity contribution >= 4 is 23.4 Å². The average molecular weight is 356 g/mol. The van der Waals surface area contributed by atoms with Crippen LogP contribution in [0.3, 0.4) is 0 Å². The van der Waals surface area contributed by atoms with Crippen LogP contribution in [0.4, 0.5) is 19.3 Å². The maximum absolute atomic E-state index is 13.0. The maximum atomic E-state index is 13.0. The molecule has 2 aromatic rings. The van der Waals surface area contributed by atoms with Gasteiger partial charge in [0.15, 0.2) is 0 Å². The number of hydrogen-bond donors (Lipinski definition) is 2. The Morgan fingerprint density at radius 2 is 1.84 bits per heavy atom. The monoisotopic (exact) mass is 356 g/mol. The Morgan fingerprint density at radius 1 is 1.20 bits per heavy atom. The molecule has 1 heterocycles. The molecule has 2 amide bonds. The van der Waals surface area contributed by atoms with Gasteiger partial charge >= 0.3 is 35.6 Å². The minimum Gasteiger partial charge on any atom is -0.545 e. The number of anilines is 1. The van der Waals surface area contributed by atoms with E-state index in [0.717, 1.165) is 12.1 Å². The van der Waals surface area contributed by atoms with Crippen LogP contribution in [0.1, 0.15) is 23.0 Å². The zero-order valence-electron chi connectivity index (χ0n) is 13.3. The number of benzene rings is 1. The first-order chi connectivity index (χ1) is 11.4. The normalized spacial score (nSPS) is 10.6. The van der Waals surface area contributed by atoms with Gasteiger partial charge in [-0.05, 0) is 31.2 Å². The molecule has 7 nitrogen and oxygen atoms in total. The summed E-state index contributed by atoms with van der Waals surface area (Å²) in [5.74, 6) is -3.14. The predicted octanol–water partition coefficient (Wildman–Crippen LogP) is -1.73. The summed E-state index contributed by atoms with van der Waals surface area (Å²) in [6.07, 6.45) is 1.36. The number of pyridine rings is 1. The van der Waals surface area contributed by atoms with Gasteiger partial charge in [-0.2, -0.15) is 5.10 Å². The van der Waals surface area contributed by atoms with Gasteiger partial charge in [-0.1, -0.05) is 0 Å². The van der Waals surface area contributed by atoms with Gasteiger partial charge in [-0.25, -0.2) is 19.0 Å². The molecule has 0 saturated carbocycles. The number of carbonyl (C=O) groups excluding carboxylic acids is 2. The van der Waals surface area contributed by atoms with Gasteiger partial charge in [-0.3, -0.25) is 4.98 Å². The van der Waals surface area contributed by atoms with Crippen LogP contribution in [0, 0.1) is 11.6 Å². The number of nitrogens with one attached hydrogen (secondary N) is 2. The van der Waals surface area contributed by atoms with E-state index in [4.69, 9.17) is 0 Å². The molecule has 0 saturated heterocycles. The molecule has 0 fully saturated rings. The molecule has 25 heavy (non-hydrogen) atoms. The van der Waals surface area contributed by atoms with Gasteiger partial charge in [0.05, 0.1) is 17.4 Å². The Balaban J connectivity index is 0.00000312. The van der Waals surface area contributed by atoms with Crippen LogP contribution in [0.15, 0.2) is 41.6 Å². The van der Waals surface area contributed by atoms with Crippen LogP contribution in [0.5, 0.6) is 0 Å². The zero-order chi connectivity index (χ0) is 17.7. The standard InChI is InChI=1S/C15H12F2N4O3.Na/c1-8(13-12(14(22)23)3-2-4-18-13)20-21-15(24)19-11-6-9(16)5-10(17)7-11;/h2-7H,1H3,(H,22,23)(H2,19,21,24);/q;+1/p-1/b20-8-;. The van der Waals surface area contributed by atoms with Crippen molar-refractivity contribution in [2.75, 3.05) is 5.32 Å². The van der Waals surface area contributed by atoms with Crippen LogP contribution < -0.4 is 45.4 Å². The number of aromatic carboxylic acids is 1. The number of amides is 2. The molecular formula is C15H11F2N4NaO3. The number of aromatic nitrogens is 1. The van der Waals surface area contributed by atoms with Gasteiger partial charge in [-0.15, -0.1) is 0 Å². The Hall–Kier alpha value is -2.36. The number of urea groups is 1. The van der Waals surface area contributed by atoms with Crippen LogP contribution in [-0.2, 0) is 0 Å². The molecule has 0 radical (unpaired) electrons. The number of hydrogen-bond acceptors (Lipinski definition) is 5. The topological polar surface area (TPSA) is 107 Å². The molecule has 0 bridgehead atoms.